The molecule has 0 aliphatic carbocycles. The molecule has 0 radical (unpaired) electrons. The summed E-state index contributed by atoms with van der Waals surface area (Å²) in [6, 6.07) is 15.6. The van der Waals surface area contributed by atoms with Gasteiger partial charge in [-0.15, -0.1) is 0 Å². The van der Waals surface area contributed by atoms with Crippen LogP contribution in [-0.4, -0.2) is 16.7 Å². The number of non-ortho nitro benzene ring substituents is 1. The van der Waals surface area contributed by atoms with Gasteiger partial charge in [0.15, 0.2) is 0 Å². The second-order valence-corrected chi connectivity index (χ2v) is 4.81. The Balaban J connectivity index is 2.45. The van der Waals surface area contributed by atoms with Gasteiger partial charge in [0.2, 0.25) is 0 Å². The molecule has 8 heteroatoms. The van der Waals surface area contributed by atoms with Crippen LogP contribution in [0.15, 0.2) is 65.8 Å². The van der Waals surface area contributed by atoms with E-state index in [1.807, 2.05) is 12.1 Å². The summed E-state index contributed by atoms with van der Waals surface area (Å²) >= 11 is 0. The highest BCUT2D eigenvalue weighted by atomic mass is 16.6. The number of carbonyl (C=O) groups excluding carboxylic acids is 1. The summed E-state index contributed by atoms with van der Waals surface area (Å²) in [6.45, 7) is 0. The summed E-state index contributed by atoms with van der Waals surface area (Å²) in [7, 11) is 0. The molecular formula is C17H13N5O3. The molecule has 8 nitrogen and oxygen atoms in total. The molecule has 0 bridgehead atoms. The van der Waals surface area contributed by atoms with Gasteiger partial charge >= 0.3 is 6.03 Å². The van der Waals surface area contributed by atoms with Crippen LogP contribution in [0.1, 0.15) is 11.1 Å². The molecule has 2 amide bonds. The number of nitrogens with zero attached hydrogens (tertiary/aromatic N) is 3. The first-order valence-corrected chi connectivity index (χ1v) is 7.06. The van der Waals surface area contributed by atoms with E-state index in [1.165, 1.54) is 30.3 Å². The second-order valence-electron chi connectivity index (χ2n) is 4.81. The van der Waals surface area contributed by atoms with Gasteiger partial charge in [0.05, 0.1) is 22.3 Å². The fourth-order valence-corrected chi connectivity index (χ4v) is 1.98. The zero-order chi connectivity index (χ0) is 18.2. The summed E-state index contributed by atoms with van der Waals surface area (Å²) in [5.74, 6) is 0. The third-order valence-electron chi connectivity index (χ3n) is 3.15. The number of nitro benzene ring substituents is 1. The molecule has 0 fully saturated rings. The van der Waals surface area contributed by atoms with Crippen LogP contribution < -0.4 is 11.2 Å². The van der Waals surface area contributed by atoms with Gasteiger partial charge < -0.3 is 5.73 Å². The lowest BCUT2D eigenvalue weighted by molar-refractivity contribution is -0.384. The molecule has 3 N–H and O–H groups in total. The van der Waals surface area contributed by atoms with Gasteiger partial charge in [-0.3, -0.25) is 10.1 Å². The molecule has 0 saturated heterocycles. The van der Waals surface area contributed by atoms with E-state index in [9.17, 15) is 20.2 Å². The monoisotopic (exact) mass is 335 g/mol. The summed E-state index contributed by atoms with van der Waals surface area (Å²) < 4.78 is 0. The maximum atomic E-state index is 10.9. The van der Waals surface area contributed by atoms with Crippen molar-refractivity contribution >= 4 is 23.0 Å². The van der Waals surface area contributed by atoms with Crippen LogP contribution in [0.5, 0.6) is 0 Å². The highest BCUT2D eigenvalue weighted by Gasteiger charge is 2.09. The molecule has 0 heterocycles. The number of benzene rings is 2. The minimum absolute atomic E-state index is 0.0756. The quantitative estimate of drug-likeness (QED) is 0.376. The average Bonchev–Trinajstić information content (AvgIpc) is 2.62. The number of urea groups is 1. The number of nitrogens with one attached hydrogen (secondary N) is 1. The number of primary amides is 1. The van der Waals surface area contributed by atoms with Crippen molar-refractivity contribution in [3.05, 3.63) is 81.9 Å². The van der Waals surface area contributed by atoms with E-state index in [1.54, 1.807) is 24.3 Å². The predicted molar refractivity (Wildman–Crippen MR) is 92.4 cm³/mol. The maximum Gasteiger partial charge on any atom is 0.332 e. The zero-order valence-corrected chi connectivity index (χ0v) is 12.9. The van der Waals surface area contributed by atoms with Crippen molar-refractivity contribution in [3.63, 3.8) is 0 Å². The Hall–Kier alpha value is -3.99. The molecule has 0 unspecified atom stereocenters. The first-order chi connectivity index (χ1) is 12.0. The molecule has 0 spiro atoms. The van der Waals surface area contributed by atoms with E-state index in [2.05, 4.69) is 10.5 Å². The van der Waals surface area contributed by atoms with Crippen molar-refractivity contribution in [2.45, 2.75) is 0 Å². The summed E-state index contributed by atoms with van der Waals surface area (Å²) in [4.78, 5) is 21.1. The largest absolute Gasteiger partial charge is 0.350 e. The number of hydrogen-bond acceptors (Lipinski definition) is 5. The molecule has 0 atom stereocenters. The summed E-state index contributed by atoms with van der Waals surface area (Å²) in [5, 5.41) is 24.0. The SMILES string of the molecule is N#C/C(=C\C(=N/NC(N)=O)c1ccccc1)c1ccc([N+](=O)[O-])cc1. The second kappa shape index (κ2) is 8.03. The van der Waals surface area contributed by atoms with E-state index in [4.69, 9.17) is 5.73 Å². The van der Waals surface area contributed by atoms with Crippen molar-refractivity contribution < 1.29 is 9.72 Å². The molecule has 0 aliphatic heterocycles. The number of hydrazone groups is 1. The van der Waals surface area contributed by atoms with E-state index in [0.29, 0.717) is 16.8 Å². The van der Waals surface area contributed by atoms with E-state index < -0.39 is 11.0 Å². The van der Waals surface area contributed by atoms with Crippen LogP contribution in [0.2, 0.25) is 0 Å². The summed E-state index contributed by atoms with van der Waals surface area (Å²) in [5.41, 5.74) is 8.77. The lowest BCUT2D eigenvalue weighted by atomic mass is 10.0. The van der Waals surface area contributed by atoms with Gasteiger partial charge in [0, 0.05) is 17.7 Å². The Labute approximate surface area is 143 Å². The molecular weight excluding hydrogens is 322 g/mol. The zero-order valence-electron chi connectivity index (χ0n) is 12.9. The molecule has 2 rings (SSSR count). The highest BCUT2D eigenvalue weighted by molar-refractivity contribution is 6.13. The predicted octanol–water partition coefficient (Wildman–Crippen LogP) is 2.57. The third-order valence-corrected chi connectivity index (χ3v) is 3.15. The van der Waals surface area contributed by atoms with Gasteiger partial charge in [0.25, 0.3) is 5.69 Å². The topological polar surface area (TPSA) is 134 Å². The van der Waals surface area contributed by atoms with Crippen molar-refractivity contribution in [1.82, 2.24) is 5.43 Å². The van der Waals surface area contributed by atoms with Crippen molar-refractivity contribution in [1.29, 1.82) is 5.26 Å². The first kappa shape index (κ1) is 17.4. The van der Waals surface area contributed by atoms with Gasteiger partial charge in [-0.05, 0) is 23.8 Å². The number of amides is 2. The van der Waals surface area contributed by atoms with Gasteiger partial charge in [0.1, 0.15) is 0 Å². The number of carbonyl (C=O) groups is 1. The fraction of sp³-hybridized carbons (Fsp3) is 0. The van der Waals surface area contributed by atoms with Crippen LogP contribution in [0.3, 0.4) is 0 Å². The van der Waals surface area contributed by atoms with Crippen molar-refractivity contribution in [2.75, 3.05) is 0 Å². The van der Waals surface area contributed by atoms with Crippen molar-refractivity contribution in [2.24, 2.45) is 10.8 Å². The normalized spacial score (nSPS) is 11.5. The minimum atomic E-state index is -0.837. The van der Waals surface area contributed by atoms with Gasteiger partial charge in [-0.1, -0.05) is 30.3 Å². The smallest absolute Gasteiger partial charge is 0.332 e. The maximum absolute atomic E-state index is 10.9. The van der Waals surface area contributed by atoms with Crippen LogP contribution in [0.4, 0.5) is 10.5 Å². The Morgan fingerprint density at radius 2 is 1.80 bits per heavy atom. The molecule has 0 saturated carbocycles. The van der Waals surface area contributed by atoms with E-state index in [0.717, 1.165) is 0 Å². The molecule has 2 aromatic carbocycles. The van der Waals surface area contributed by atoms with Crippen LogP contribution in [-0.2, 0) is 0 Å². The number of allylic oxidation sites excluding steroid dienone is 2. The highest BCUT2D eigenvalue weighted by Crippen LogP contribution is 2.19. The average molecular weight is 335 g/mol. The lowest BCUT2D eigenvalue weighted by Gasteiger charge is -2.04. The van der Waals surface area contributed by atoms with Crippen LogP contribution in [0, 0.1) is 21.4 Å². The minimum Gasteiger partial charge on any atom is -0.350 e. The molecule has 25 heavy (non-hydrogen) atoms. The molecule has 2 aromatic rings. The first-order valence-electron chi connectivity index (χ1n) is 7.06. The van der Waals surface area contributed by atoms with E-state index in [-0.39, 0.29) is 11.3 Å². The number of nitriles is 1. The molecule has 124 valence electrons. The van der Waals surface area contributed by atoms with Crippen LogP contribution >= 0.6 is 0 Å². The summed E-state index contributed by atoms with van der Waals surface area (Å²) in [6.07, 6.45) is 1.46. The number of nitro groups is 1. The Bertz CT molecular complexity index is 881. The lowest BCUT2D eigenvalue weighted by Crippen LogP contribution is -2.25. The van der Waals surface area contributed by atoms with Gasteiger partial charge in [-0.25, -0.2) is 10.2 Å². The van der Waals surface area contributed by atoms with Crippen LogP contribution in [0.25, 0.3) is 5.57 Å². The standard InChI is InChI=1S/C17H13N5O3/c18-11-14(12-6-8-15(9-7-12)22(24)25)10-16(20-21-17(19)23)13-4-2-1-3-5-13/h1-10H,(H3,19,21,23)/b14-10+,20-16+. The van der Waals surface area contributed by atoms with Crippen molar-refractivity contribution in [3.8, 4) is 6.07 Å². The Morgan fingerprint density at radius 3 is 2.32 bits per heavy atom. The number of hydrogen-bond donors (Lipinski definition) is 2. The van der Waals surface area contributed by atoms with E-state index >= 15 is 0 Å². The Morgan fingerprint density at radius 1 is 1.16 bits per heavy atom. The third kappa shape index (κ3) is 4.74. The van der Waals surface area contributed by atoms with Gasteiger partial charge in [-0.2, -0.15) is 10.4 Å². The molecule has 0 aliphatic rings. The Kier molecular flexibility index (Phi) is 5.58. The number of rotatable bonds is 5. The molecule has 0 aromatic heterocycles. The number of nitrogens with two attached hydrogens (primary N) is 1. The fourth-order valence-electron chi connectivity index (χ4n) is 1.98.